The minimum Gasteiger partial charge on any atom is -0.456 e. The number of rotatable bonds is 8. The fourth-order valence-corrected chi connectivity index (χ4v) is 11.0. The molecule has 0 saturated carbocycles. The molecule has 0 aliphatic rings. The van der Waals surface area contributed by atoms with Gasteiger partial charge in [0.05, 0.1) is 0 Å². The van der Waals surface area contributed by atoms with Crippen LogP contribution in [0.3, 0.4) is 0 Å². The highest BCUT2D eigenvalue weighted by Crippen LogP contribution is 2.45. The zero-order chi connectivity index (χ0) is 43.6. The van der Waals surface area contributed by atoms with Crippen molar-refractivity contribution in [2.24, 2.45) is 0 Å². The molecule has 0 saturated heterocycles. The molecule has 66 heavy (non-hydrogen) atoms. The molecule has 310 valence electrons. The van der Waals surface area contributed by atoms with Crippen molar-refractivity contribution < 1.29 is 4.42 Å². The van der Waals surface area contributed by atoms with Crippen LogP contribution in [0.25, 0.3) is 85.9 Å². The summed E-state index contributed by atoms with van der Waals surface area (Å²) in [6.45, 7) is 0. The first-order valence-electron chi connectivity index (χ1n) is 22.4. The number of hydrogen-bond acceptors (Lipinski definition) is 4. The van der Waals surface area contributed by atoms with Crippen molar-refractivity contribution in [2.75, 3.05) is 9.80 Å². The molecule has 0 amide bonds. The van der Waals surface area contributed by atoms with Gasteiger partial charge in [-0.3, -0.25) is 0 Å². The first-order chi connectivity index (χ1) is 32.7. The maximum Gasteiger partial charge on any atom is 0.136 e. The van der Waals surface area contributed by atoms with E-state index in [9.17, 15) is 0 Å². The van der Waals surface area contributed by atoms with E-state index in [2.05, 4.69) is 252 Å². The molecule has 0 bridgehead atoms. The van der Waals surface area contributed by atoms with E-state index in [0.29, 0.717) is 0 Å². The summed E-state index contributed by atoms with van der Waals surface area (Å²) in [5.74, 6) is 0. The van der Waals surface area contributed by atoms with Gasteiger partial charge in [0.2, 0.25) is 0 Å². The maximum atomic E-state index is 6.58. The molecule has 0 aliphatic heterocycles. The fourth-order valence-electron chi connectivity index (χ4n) is 9.90. The van der Waals surface area contributed by atoms with Crippen LogP contribution in [0.5, 0.6) is 0 Å². The molecule has 0 spiro atoms. The first kappa shape index (κ1) is 38.1. The molecule has 0 fully saturated rings. The minimum absolute atomic E-state index is 0.874. The Kier molecular flexibility index (Phi) is 9.03. The molecule has 11 aromatic carbocycles. The lowest BCUT2D eigenvalue weighted by molar-refractivity contribution is 0.669. The van der Waals surface area contributed by atoms with Gasteiger partial charge < -0.3 is 14.2 Å². The standard InChI is InChI=1S/C62H40N2OS/c1-4-15-46(16-5-1)63(47-17-6-2-7-18-47)50-36-45(43-28-34-58-57(38-43)62-56-32-26-42-14-10-11-21-52(42)53(56)33-35-59(62)65-58)37-51(40-50)64(48-19-8-3-9-20-48)49-29-24-41(25-30-49)44-27-31-55-54-22-12-13-23-60(54)66-61(55)39-44/h1-40H. The number of furan rings is 1. The first-order valence-corrected chi connectivity index (χ1v) is 23.2. The molecule has 0 unspecified atom stereocenters. The van der Waals surface area contributed by atoms with E-state index in [1.807, 2.05) is 11.3 Å². The number of nitrogens with zero attached hydrogens (tertiary/aromatic N) is 2. The van der Waals surface area contributed by atoms with Crippen LogP contribution in [0.1, 0.15) is 0 Å². The predicted molar refractivity (Wildman–Crippen MR) is 282 cm³/mol. The summed E-state index contributed by atoms with van der Waals surface area (Å²) < 4.78 is 9.20. The van der Waals surface area contributed by atoms with Crippen molar-refractivity contribution in [1.29, 1.82) is 0 Å². The summed E-state index contributed by atoms with van der Waals surface area (Å²) in [7, 11) is 0. The Balaban J connectivity index is 1.00. The van der Waals surface area contributed by atoms with Crippen LogP contribution < -0.4 is 9.80 Å². The number of anilines is 6. The van der Waals surface area contributed by atoms with Crippen LogP contribution in [0.2, 0.25) is 0 Å². The van der Waals surface area contributed by atoms with Gasteiger partial charge in [-0.1, -0.05) is 146 Å². The molecule has 13 aromatic rings. The molecule has 0 radical (unpaired) electrons. The number of benzene rings is 11. The van der Waals surface area contributed by atoms with Crippen LogP contribution in [-0.2, 0) is 0 Å². The van der Waals surface area contributed by atoms with Gasteiger partial charge in [-0.15, -0.1) is 11.3 Å². The topological polar surface area (TPSA) is 19.6 Å². The summed E-state index contributed by atoms with van der Waals surface area (Å²) in [4.78, 5) is 4.73. The molecule has 0 atom stereocenters. The Labute approximate surface area is 386 Å². The Morgan fingerprint density at radius 1 is 0.273 bits per heavy atom. The van der Waals surface area contributed by atoms with Crippen molar-refractivity contribution in [3.8, 4) is 22.3 Å². The second-order valence-corrected chi connectivity index (χ2v) is 18.0. The summed E-state index contributed by atoms with van der Waals surface area (Å²) in [6.07, 6.45) is 0. The molecule has 3 nitrogen and oxygen atoms in total. The minimum atomic E-state index is 0.874. The SMILES string of the molecule is c1ccc(N(c2ccccc2)c2cc(-c3ccc4oc5ccc6c7ccccc7ccc6c5c4c3)cc(N(c3ccccc3)c3ccc(-c4ccc5c(c4)sc4ccccc45)cc3)c2)cc1. The van der Waals surface area contributed by atoms with Gasteiger partial charge in [-0.2, -0.15) is 0 Å². The third-order valence-corrected chi connectivity index (χ3v) is 14.1. The summed E-state index contributed by atoms with van der Waals surface area (Å²) >= 11 is 1.86. The number of fused-ring (bicyclic) bond motifs is 10. The lowest BCUT2D eigenvalue weighted by Gasteiger charge is -2.30. The van der Waals surface area contributed by atoms with Crippen LogP contribution in [0.4, 0.5) is 34.1 Å². The van der Waals surface area contributed by atoms with E-state index in [0.717, 1.165) is 67.2 Å². The molecule has 0 aliphatic carbocycles. The fraction of sp³-hybridized carbons (Fsp3) is 0. The van der Waals surface area contributed by atoms with Crippen LogP contribution in [0.15, 0.2) is 247 Å². The van der Waals surface area contributed by atoms with Gasteiger partial charge in [0.1, 0.15) is 11.2 Å². The molecule has 2 heterocycles. The summed E-state index contributed by atoms with van der Waals surface area (Å²) in [5.41, 5.74) is 12.7. The van der Waals surface area contributed by atoms with Gasteiger partial charge in [-0.25, -0.2) is 0 Å². The smallest absolute Gasteiger partial charge is 0.136 e. The lowest BCUT2D eigenvalue weighted by Crippen LogP contribution is -2.13. The summed E-state index contributed by atoms with van der Waals surface area (Å²) in [5, 5.41) is 9.76. The highest BCUT2D eigenvalue weighted by Gasteiger charge is 2.21. The largest absolute Gasteiger partial charge is 0.456 e. The van der Waals surface area contributed by atoms with Gasteiger partial charge in [0.15, 0.2) is 0 Å². The molecular weight excluding hydrogens is 821 g/mol. The van der Waals surface area contributed by atoms with Crippen LogP contribution in [-0.4, -0.2) is 0 Å². The van der Waals surface area contributed by atoms with E-state index in [4.69, 9.17) is 4.42 Å². The Morgan fingerprint density at radius 3 is 1.48 bits per heavy atom. The Bertz CT molecular complexity index is 3890. The maximum absolute atomic E-state index is 6.58. The highest BCUT2D eigenvalue weighted by molar-refractivity contribution is 7.25. The monoisotopic (exact) mass is 860 g/mol. The van der Waals surface area contributed by atoms with Gasteiger partial charge >= 0.3 is 0 Å². The summed E-state index contributed by atoms with van der Waals surface area (Å²) in [6, 6.07) is 87.7. The van der Waals surface area contributed by atoms with E-state index in [1.54, 1.807) is 0 Å². The lowest BCUT2D eigenvalue weighted by atomic mass is 9.96. The Morgan fingerprint density at radius 2 is 0.788 bits per heavy atom. The number of para-hydroxylation sites is 3. The Hall–Kier alpha value is -8.44. The molecule has 2 aromatic heterocycles. The molecule has 0 N–H and O–H groups in total. The normalized spacial score (nSPS) is 11.6. The van der Waals surface area contributed by atoms with E-state index < -0.39 is 0 Å². The molecule has 13 rings (SSSR count). The predicted octanol–water partition coefficient (Wildman–Crippen LogP) is 18.5. The second-order valence-electron chi connectivity index (χ2n) is 16.9. The second kappa shape index (κ2) is 15.7. The van der Waals surface area contributed by atoms with E-state index in [-0.39, 0.29) is 0 Å². The van der Waals surface area contributed by atoms with Crippen LogP contribution in [0, 0.1) is 0 Å². The number of thiophene rings is 1. The van der Waals surface area contributed by atoms with Crippen molar-refractivity contribution in [3.05, 3.63) is 243 Å². The van der Waals surface area contributed by atoms with Crippen molar-refractivity contribution >= 4 is 109 Å². The van der Waals surface area contributed by atoms with Gasteiger partial charge in [0.25, 0.3) is 0 Å². The van der Waals surface area contributed by atoms with Crippen LogP contribution >= 0.6 is 11.3 Å². The third-order valence-electron chi connectivity index (χ3n) is 13.0. The van der Waals surface area contributed by atoms with Gasteiger partial charge in [-0.05, 0) is 141 Å². The zero-order valence-corrected chi connectivity index (χ0v) is 36.6. The zero-order valence-electron chi connectivity index (χ0n) is 35.8. The average Bonchev–Trinajstić information content (AvgIpc) is 3.96. The van der Waals surface area contributed by atoms with E-state index in [1.165, 1.54) is 52.8 Å². The third kappa shape index (κ3) is 6.50. The molecule has 4 heteroatoms. The van der Waals surface area contributed by atoms with Gasteiger partial charge in [0, 0.05) is 65.1 Å². The highest BCUT2D eigenvalue weighted by atomic mass is 32.1. The molecular formula is C62H40N2OS. The van der Waals surface area contributed by atoms with Crippen molar-refractivity contribution in [3.63, 3.8) is 0 Å². The van der Waals surface area contributed by atoms with Crippen molar-refractivity contribution in [2.45, 2.75) is 0 Å². The average molecular weight is 861 g/mol. The quantitative estimate of drug-likeness (QED) is 0.142. The van der Waals surface area contributed by atoms with Crippen molar-refractivity contribution in [1.82, 2.24) is 0 Å². The van der Waals surface area contributed by atoms with E-state index >= 15 is 0 Å². The number of hydrogen-bond donors (Lipinski definition) is 0.